The monoisotopic (exact) mass is 300 g/mol. The van der Waals surface area contributed by atoms with E-state index >= 15 is 0 Å². The number of hydrogen-bond donors (Lipinski definition) is 1. The molecule has 2 N–H and O–H groups in total. The molecule has 1 saturated heterocycles. The Morgan fingerprint density at radius 3 is 2.81 bits per heavy atom. The number of nitrogens with two attached hydrogens (primary N) is 1. The largest absolute Gasteiger partial charge is 0.493 e. The van der Waals surface area contributed by atoms with Gasteiger partial charge < -0.3 is 15.2 Å². The van der Waals surface area contributed by atoms with Gasteiger partial charge in [0.05, 0.1) is 7.11 Å². The third-order valence-electron chi connectivity index (χ3n) is 3.85. The van der Waals surface area contributed by atoms with Crippen molar-refractivity contribution in [3.05, 3.63) is 23.8 Å². The Hall–Kier alpha value is -1.40. The standard InChI is InChI=1S/C15H22F2N2O2/c1-20-14-8-11(5-6-13(14)21-15(16)17)10-19-7-3-2-4-12(19)9-18/h5-6,8,12,15H,2-4,7,9-10,18H2,1H3. The van der Waals surface area contributed by atoms with Gasteiger partial charge in [0, 0.05) is 19.1 Å². The highest BCUT2D eigenvalue weighted by Crippen LogP contribution is 2.30. The Balaban J connectivity index is 2.09. The van der Waals surface area contributed by atoms with Crippen molar-refractivity contribution in [3.8, 4) is 11.5 Å². The van der Waals surface area contributed by atoms with E-state index in [9.17, 15) is 8.78 Å². The van der Waals surface area contributed by atoms with Gasteiger partial charge in [0.25, 0.3) is 0 Å². The van der Waals surface area contributed by atoms with Crippen LogP contribution in [0.1, 0.15) is 24.8 Å². The number of halogens is 2. The van der Waals surface area contributed by atoms with E-state index in [2.05, 4.69) is 9.64 Å². The maximum absolute atomic E-state index is 12.3. The van der Waals surface area contributed by atoms with E-state index in [4.69, 9.17) is 10.5 Å². The normalized spacial score (nSPS) is 19.8. The van der Waals surface area contributed by atoms with Gasteiger partial charge in [-0.05, 0) is 37.1 Å². The van der Waals surface area contributed by atoms with E-state index < -0.39 is 6.61 Å². The van der Waals surface area contributed by atoms with Gasteiger partial charge in [-0.1, -0.05) is 12.5 Å². The number of hydrogen-bond acceptors (Lipinski definition) is 4. The van der Waals surface area contributed by atoms with Crippen LogP contribution < -0.4 is 15.2 Å². The highest BCUT2D eigenvalue weighted by Gasteiger charge is 2.21. The summed E-state index contributed by atoms with van der Waals surface area (Å²) in [5.74, 6) is 0.388. The lowest BCUT2D eigenvalue weighted by Gasteiger charge is -2.35. The summed E-state index contributed by atoms with van der Waals surface area (Å²) in [5, 5.41) is 0. The molecule has 0 amide bonds. The van der Waals surface area contributed by atoms with Crippen molar-refractivity contribution >= 4 is 0 Å². The van der Waals surface area contributed by atoms with Crippen LogP contribution >= 0.6 is 0 Å². The van der Waals surface area contributed by atoms with Crippen LogP contribution in [0.25, 0.3) is 0 Å². The predicted molar refractivity (Wildman–Crippen MR) is 76.7 cm³/mol. The van der Waals surface area contributed by atoms with Crippen LogP contribution in [0, 0.1) is 0 Å². The van der Waals surface area contributed by atoms with Crippen molar-refractivity contribution in [2.24, 2.45) is 5.73 Å². The Labute approximate surface area is 123 Å². The SMILES string of the molecule is COc1cc(CN2CCCCC2CN)ccc1OC(F)F. The van der Waals surface area contributed by atoms with Crippen molar-refractivity contribution < 1.29 is 18.3 Å². The van der Waals surface area contributed by atoms with Crippen LogP contribution in [0.4, 0.5) is 8.78 Å². The average Bonchev–Trinajstić information content (AvgIpc) is 2.49. The first-order chi connectivity index (χ1) is 10.1. The first-order valence-corrected chi connectivity index (χ1v) is 7.20. The van der Waals surface area contributed by atoms with Crippen molar-refractivity contribution in [2.45, 2.75) is 38.5 Å². The molecule has 1 atom stereocenters. The molecular formula is C15H22F2N2O2. The first-order valence-electron chi connectivity index (χ1n) is 7.20. The second-order valence-electron chi connectivity index (χ2n) is 5.22. The summed E-state index contributed by atoms with van der Waals surface area (Å²) in [5.41, 5.74) is 6.82. The molecule has 1 aromatic carbocycles. The van der Waals surface area contributed by atoms with E-state index in [1.165, 1.54) is 26.0 Å². The van der Waals surface area contributed by atoms with Gasteiger partial charge in [0.15, 0.2) is 11.5 Å². The zero-order chi connectivity index (χ0) is 15.2. The number of methoxy groups -OCH3 is 1. The molecule has 118 valence electrons. The van der Waals surface area contributed by atoms with Gasteiger partial charge in [-0.15, -0.1) is 0 Å². The van der Waals surface area contributed by atoms with Gasteiger partial charge in [-0.2, -0.15) is 8.78 Å². The van der Waals surface area contributed by atoms with Gasteiger partial charge >= 0.3 is 6.61 Å². The molecule has 0 aromatic heterocycles. The van der Waals surface area contributed by atoms with Gasteiger partial charge in [-0.3, -0.25) is 4.90 Å². The summed E-state index contributed by atoms with van der Waals surface area (Å²) >= 11 is 0. The van der Waals surface area contributed by atoms with Gasteiger partial charge in [-0.25, -0.2) is 0 Å². The minimum absolute atomic E-state index is 0.0604. The lowest BCUT2D eigenvalue weighted by molar-refractivity contribution is -0.0512. The average molecular weight is 300 g/mol. The third kappa shape index (κ3) is 4.28. The molecule has 21 heavy (non-hydrogen) atoms. The number of nitrogens with zero attached hydrogens (tertiary/aromatic N) is 1. The Morgan fingerprint density at radius 1 is 1.33 bits per heavy atom. The van der Waals surface area contributed by atoms with E-state index in [1.807, 2.05) is 0 Å². The summed E-state index contributed by atoms with van der Waals surface area (Å²) in [6, 6.07) is 5.46. The Kier molecular flexibility index (Phi) is 5.76. The Morgan fingerprint density at radius 2 is 2.14 bits per heavy atom. The second-order valence-corrected chi connectivity index (χ2v) is 5.22. The summed E-state index contributed by atoms with van der Waals surface area (Å²) < 4.78 is 34.2. The molecule has 0 aliphatic carbocycles. The highest BCUT2D eigenvalue weighted by atomic mass is 19.3. The van der Waals surface area contributed by atoms with Crippen LogP contribution in [0.5, 0.6) is 11.5 Å². The first kappa shape index (κ1) is 16.0. The summed E-state index contributed by atoms with van der Waals surface area (Å²) in [6.45, 7) is -0.454. The van der Waals surface area contributed by atoms with Crippen LogP contribution in [-0.4, -0.2) is 37.8 Å². The van der Waals surface area contributed by atoms with E-state index in [0.717, 1.165) is 25.1 Å². The molecule has 1 heterocycles. The molecule has 1 fully saturated rings. The van der Waals surface area contributed by atoms with Gasteiger partial charge in [0.2, 0.25) is 0 Å². The number of likely N-dealkylation sites (tertiary alicyclic amines) is 1. The van der Waals surface area contributed by atoms with Gasteiger partial charge in [0.1, 0.15) is 0 Å². The fourth-order valence-corrected chi connectivity index (χ4v) is 2.77. The highest BCUT2D eigenvalue weighted by molar-refractivity contribution is 5.43. The molecule has 0 bridgehead atoms. The van der Waals surface area contributed by atoms with Crippen molar-refractivity contribution in [1.82, 2.24) is 4.90 Å². The molecule has 2 rings (SSSR count). The molecular weight excluding hydrogens is 278 g/mol. The zero-order valence-electron chi connectivity index (χ0n) is 12.2. The summed E-state index contributed by atoms with van der Waals surface area (Å²) in [6.07, 6.45) is 3.49. The van der Waals surface area contributed by atoms with Crippen LogP contribution in [0.15, 0.2) is 18.2 Å². The molecule has 1 aliphatic heterocycles. The number of ether oxygens (including phenoxy) is 2. The smallest absolute Gasteiger partial charge is 0.387 e. The number of alkyl halides is 2. The fraction of sp³-hybridized carbons (Fsp3) is 0.600. The number of benzene rings is 1. The number of rotatable bonds is 6. The quantitative estimate of drug-likeness (QED) is 0.877. The summed E-state index contributed by atoms with van der Waals surface area (Å²) in [7, 11) is 1.45. The van der Waals surface area contributed by atoms with E-state index in [0.29, 0.717) is 18.3 Å². The molecule has 0 saturated carbocycles. The fourth-order valence-electron chi connectivity index (χ4n) is 2.77. The topological polar surface area (TPSA) is 47.7 Å². The molecule has 1 aliphatic rings. The van der Waals surface area contributed by atoms with Crippen molar-refractivity contribution in [1.29, 1.82) is 0 Å². The maximum Gasteiger partial charge on any atom is 0.387 e. The van der Waals surface area contributed by atoms with E-state index in [1.54, 1.807) is 12.1 Å². The van der Waals surface area contributed by atoms with Crippen LogP contribution in [0.3, 0.4) is 0 Å². The van der Waals surface area contributed by atoms with Crippen molar-refractivity contribution in [2.75, 3.05) is 20.2 Å². The summed E-state index contributed by atoms with van der Waals surface area (Å²) in [4.78, 5) is 2.34. The lowest BCUT2D eigenvalue weighted by Crippen LogP contribution is -2.43. The van der Waals surface area contributed by atoms with Crippen molar-refractivity contribution in [3.63, 3.8) is 0 Å². The molecule has 0 radical (unpaired) electrons. The molecule has 6 heteroatoms. The molecule has 1 unspecified atom stereocenters. The predicted octanol–water partition coefficient (Wildman–Crippen LogP) is 2.61. The molecule has 1 aromatic rings. The minimum atomic E-state index is -2.85. The lowest BCUT2D eigenvalue weighted by atomic mass is 10.0. The zero-order valence-corrected chi connectivity index (χ0v) is 12.2. The molecule has 4 nitrogen and oxygen atoms in total. The third-order valence-corrected chi connectivity index (χ3v) is 3.85. The minimum Gasteiger partial charge on any atom is -0.493 e. The second kappa shape index (κ2) is 7.56. The Bertz CT molecular complexity index is 457. The number of piperidine rings is 1. The van der Waals surface area contributed by atoms with E-state index in [-0.39, 0.29) is 5.75 Å². The van der Waals surface area contributed by atoms with Crippen LogP contribution in [0.2, 0.25) is 0 Å². The van der Waals surface area contributed by atoms with Crippen LogP contribution in [-0.2, 0) is 6.54 Å². The maximum atomic E-state index is 12.3. The molecule has 0 spiro atoms.